The molecule has 1 aliphatic carbocycles. The van der Waals surface area contributed by atoms with Crippen LogP contribution in [0.4, 0.5) is 0 Å². The van der Waals surface area contributed by atoms with E-state index >= 15 is 0 Å². The van der Waals surface area contributed by atoms with Gasteiger partial charge in [0.25, 0.3) is 0 Å². The third kappa shape index (κ3) is 3.00. The lowest BCUT2D eigenvalue weighted by molar-refractivity contribution is 0.0886. The Kier molecular flexibility index (Phi) is 4.42. The first kappa shape index (κ1) is 12.9. The molecule has 1 aliphatic rings. The van der Waals surface area contributed by atoms with Crippen LogP contribution in [0.3, 0.4) is 0 Å². The van der Waals surface area contributed by atoms with Crippen molar-refractivity contribution in [2.75, 3.05) is 7.11 Å². The van der Waals surface area contributed by atoms with E-state index in [0.717, 1.165) is 22.0 Å². The molecule has 0 aromatic heterocycles. The van der Waals surface area contributed by atoms with Gasteiger partial charge in [-0.1, -0.05) is 19.3 Å². The molecule has 1 aromatic rings. The lowest BCUT2D eigenvalue weighted by Crippen LogP contribution is -2.18. The van der Waals surface area contributed by atoms with E-state index in [1.165, 1.54) is 19.3 Å². The third-order valence-corrected chi connectivity index (χ3v) is 4.07. The molecule has 3 heteroatoms. The molecule has 0 saturated heterocycles. The second-order valence-electron chi connectivity index (χ2n) is 4.54. The standard InChI is InChI=1S/C14H17IO2/c1-17-13-8-7-11(15)9-12(13)14(16)10-5-3-2-4-6-10/h7-10H,2-6H2,1H3. The summed E-state index contributed by atoms with van der Waals surface area (Å²) >= 11 is 2.23. The van der Waals surface area contributed by atoms with Crippen molar-refractivity contribution in [1.82, 2.24) is 0 Å². The fourth-order valence-electron chi connectivity index (χ4n) is 2.46. The van der Waals surface area contributed by atoms with Crippen molar-refractivity contribution in [2.45, 2.75) is 32.1 Å². The van der Waals surface area contributed by atoms with Gasteiger partial charge in [-0.25, -0.2) is 0 Å². The Hall–Kier alpha value is -0.580. The van der Waals surface area contributed by atoms with Gasteiger partial charge in [-0.3, -0.25) is 4.79 Å². The summed E-state index contributed by atoms with van der Waals surface area (Å²) in [6, 6.07) is 5.80. The third-order valence-electron chi connectivity index (χ3n) is 3.40. The van der Waals surface area contributed by atoms with Crippen molar-refractivity contribution in [3.8, 4) is 5.75 Å². The topological polar surface area (TPSA) is 26.3 Å². The molecule has 92 valence electrons. The lowest BCUT2D eigenvalue weighted by atomic mass is 9.83. The van der Waals surface area contributed by atoms with Gasteiger partial charge in [0.05, 0.1) is 12.7 Å². The van der Waals surface area contributed by atoms with Crippen molar-refractivity contribution in [3.63, 3.8) is 0 Å². The predicted octanol–water partition coefficient (Wildman–Crippen LogP) is 4.06. The van der Waals surface area contributed by atoms with Gasteiger partial charge in [-0.15, -0.1) is 0 Å². The minimum atomic E-state index is 0.204. The smallest absolute Gasteiger partial charge is 0.169 e. The number of carbonyl (C=O) groups excluding carboxylic acids is 1. The Balaban J connectivity index is 2.25. The number of halogens is 1. The minimum Gasteiger partial charge on any atom is -0.496 e. The predicted molar refractivity (Wildman–Crippen MR) is 76.6 cm³/mol. The van der Waals surface area contributed by atoms with Crippen molar-refractivity contribution < 1.29 is 9.53 Å². The van der Waals surface area contributed by atoms with E-state index in [9.17, 15) is 4.79 Å². The van der Waals surface area contributed by atoms with Crippen LogP contribution >= 0.6 is 22.6 Å². The highest BCUT2D eigenvalue weighted by Crippen LogP contribution is 2.30. The summed E-state index contributed by atoms with van der Waals surface area (Å²) in [5.74, 6) is 1.18. The fourth-order valence-corrected chi connectivity index (χ4v) is 2.95. The summed E-state index contributed by atoms with van der Waals surface area (Å²) in [6.45, 7) is 0. The molecule has 0 unspecified atom stereocenters. The van der Waals surface area contributed by atoms with Gasteiger partial charge in [0.1, 0.15) is 5.75 Å². The molecule has 2 nitrogen and oxygen atoms in total. The number of benzene rings is 1. The fraction of sp³-hybridized carbons (Fsp3) is 0.500. The number of hydrogen-bond acceptors (Lipinski definition) is 2. The van der Waals surface area contributed by atoms with Crippen LogP contribution in [0.15, 0.2) is 18.2 Å². The number of Topliss-reactive ketones (excluding diaryl/α,β-unsaturated/α-hetero) is 1. The first-order chi connectivity index (χ1) is 8.22. The van der Waals surface area contributed by atoms with Crippen LogP contribution in [-0.4, -0.2) is 12.9 Å². The average Bonchev–Trinajstić information content (AvgIpc) is 2.39. The molecule has 0 N–H and O–H groups in total. The molecular weight excluding hydrogens is 327 g/mol. The average molecular weight is 344 g/mol. The molecule has 0 bridgehead atoms. The Morgan fingerprint density at radius 1 is 1.29 bits per heavy atom. The van der Waals surface area contributed by atoms with E-state index < -0.39 is 0 Å². The molecule has 2 rings (SSSR count). The molecule has 17 heavy (non-hydrogen) atoms. The van der Waals surface area contributed by atoms with Crippen LogP contribution in [-0.2, 0) is 0 Å². The summed E-state index contributed by atoms with van der Waals surface area (Å²) in [4.78, 5) is 12.4. The number of rotatable bonds is 3. The van der Waals surface area contributed by atoms with Crippen LogP contribution in [0.1, 0.15) is 42.5 Å². The molecule has 0 radical (unpaired) electrons. The maximum Gasteiger partial charge on any atom is 0.169 e. The normalized spacial score (nSPS) is 16.8. The van der Waals surface area contributed by atoms with E-state index in [1.54, 1.807) is 7.11 Å². The Morgan fingerprint density at radius 3 is 2.65 bits per heavy atom. The number of ketones is 1. The molecule has 0 spiro atoms. The Morgan fingerprint density at radius 2 is 2.00 bits per heavy atom. The molecule has 0 aliphatic heterocycles. The van der Waals surface area contributed by atoms with Crippen molar-refractivity contribution in [1.29, 1.82) is 0 Å². The highest BCUT2D eigenvalue weighted by molar-refractivity contribution is 14.1. The van der Waals surface area contributed by atoms with Gasteiger partial charge in [0, 0.05) is 9.49 Å². The van der Waals surface area contributed by atoms with E-state index in [0.29, 0.717) is 5.75 Å². The van der Waals surface area contributed by atoms with Gasteiger partial charge in [0.15, 0.2) is 5.78 Å². The van der Waals surface area contributed by atoms with E-state index in [-0.39, 0.29) is 11.7 Å². The van der Waals surface area contributed by atoms with Gasteiger partial charge < -0.3 is 4.74 Å². The number of carbonyl (C=O) groups is 1. The summed E-state index contributed by atoms with van der Waals surface area (Å²) in [7, 11) is 1.62. The van der Waals surface area contributed by atoms with Crippen molar-refractivity contribution >= 4 is 28.4 Å². The lowest BCUT2D eigenvalue weighted by Gasteiger charge is -2.21. The van der Waals surface area contributed by atoms with Gasteiger partial charge in [-0.05, 0) is 53.6 Å². The Labute approximate surface area is 116 Å². The maximum absolute atomic E-state index is 12.4. The number of hydrogen-bond donors (Lipinski definition) is 0. The summed E-state index contributed by atoms with van der Waals surface area (Å²) in [6.07, 6.45) is 5.71. The first-order valence-corrected chi connectivity index (χ1v) is 7.18. The highest BCUT2D eigenvalue weighted by Gasteiger charge is 2.24. The number of methoxy groups -OCH3 is 1. The summed E-state index contributed by atoms with van der Waals surface area (Å²) in [5, 5.41) is 0. The zero-order chi connectivity index (χ0) is 12.3. The highest BCUT2D eigenvalue weighted by atomic mass is 127. The molecule has 0 atom stereocenters. The molecule has 0 amide bonds. The molecular formula is C14H17IO2. The van der Waals surface area contributed by atoms with Crippen LogP contribution in [0.5, 0.6) is 5.75 Å². The second kappa shape index (κ2) is 5.85. The van der Waals surface area contributed by atoms with E-state index in [4.69, 9.17) is 4.74 Å². The van der Waals surface area contributed by atoms with Gasteiger partial charge in [0.2, 0.25) is 0 Å². The zero-order valence-electron chi connectivity index (χ0n) is 10.0. The summed E-state index contributed by atoms with van der Waals surface area (Å²) in [5.41, 5.74) is 0.756. The molecule has 1 saturated carbocycles. The minimum absolute atomic E-state index is 0.204. The van der Waals surface area contributed by atoms with Crippen molar-refractivity contribution in [3.05, 3.63) is 27.3 Å². The quantitative estimate of drug-likeness (QED) is 0.611. The van der Waals surface area contributed by atoms with Crippen molar-refractivity contribution in [2.24, 2.45) is 5.92 Å². The van der Waals surface area contributed by atoms with E-state index in [1.807, 2.05) is 18.2 Å². The van der Waals surface area contributed by atoms with Gasteiger partial charge >= 0.3 is 0 Å². The molecule has 1 fully saturated rings. The van der Waals surface area contributed by atoms with Crippen LogP contribution < -0.4 is 4.74 Å². The maximum atomic E-state index is 12.4. The van der Waals surface area contributed by atoms with Crippen LogP contribution in [0.25, 0.3) is 0 Å². The van der Waals surface area contributed by atoms with Gasteiger partial charge in [-0.2, -0.15) is 0 Å². The largest absolute Gasteiger partial charge is 0.496 e. The second-order valence-corrected chi connectivity index (χ2v) is 5.79. The molecule has 0 heterocycles. The van der Waals surface area contributed by atoms with E-state index in [2.05, 4.69) is 22.6 Å². The zero-order valence-corrected chi connectivity index (χ0v) is 12.2. The van der Waals surface area contributed by atoms with Crippen LogP contribution in [0, 0.1) is 9.49 Å². The number of ether oxygens (including phenoxy) is 1. The van der Waals surface area contributed by atoms with Crippen LogP contribution in [0.2, 0.25) is 0 Å². The monoisotopic (exact) mass is 344 g/mol. The SMILES string of the molecule is COc1ccc(I)cc1C(=O)C1CCCCC1. The Bertz CT molecular complexity index is 409. The molecule has 1 aromatic carbocycles. The summed E-state index contributed by atoms with van der Waals surface area (Å²) < 4.78 is 6.37. The first-order valence-electron chi connectivity index (χ1n) is 6.10.